The summed E-state index contributed by atoms with van der Waals surface area (Å²) in [6.07, 6.45) is 13.8. The van der Waals surface area contributed by atoms with E-state index in [1.165, 1.54) is 20.5 Å². The van der Waals surface area contributed by atoms with E-state index in [0.29, 0.717) is 5.82 Å². The predicted octanol–water partition coefficient (Wildman–Crippen LogP) is 8.54. The molecule has 2 aliphatic carbocycles. The third kappa shape index (κ3) is 3.60. The van der Waals surface area contributed by atoms with E-state index in [1.54, 1.807) is 0 Å². The van der Waals surface area contributed by atoms with Crippen LogP contribution >= 0.6 is 22.9 Å². The molecule has 3 aromatic carbocycles. The first-order valence-corrected chi connectivity index (χ1v) is 13.4. The lowest BCUT2D eigenvalue weighted by Crippen LogP contribution is -2.11. The SMILES string of the molecule is Clc1cccc2c(-c3nc(C4=CCCc5sc6ccccc6c54)nc(C4C=CC=CC4)n3)cccc12. The molecule has 1 atom stereocenters. The van der Waals surface area contributed by atoms with Crippen molar-refractivity contribution in [2.45, 2.75) is 25.2 Å². The van der Waals surface area contributed by atoms with Crippen molar-refractivity contribution in [3.8, 4) is 11.4 Å². The summed E-state index contributed by atoms with van der Waals surface area (Å²) in [5.74, 6) is 2.37. The van der Waals surface area contributed by atoms with Crippen molar-refractivity contribution in [2.75, 3.05) is 0 Å². The first-order valence-electron chi connectivity index (χ1n) is 12.2. The van der Waals surface area contributed by atoms with Gasteiger partial charge in [0.2, 0.25) is 0 Å². The van der Waals surface area contributed by atoms with Crippen LogP contribution in [0.1, 0.15) is 40.8 Å². The summed E-state index contributed by atoms with van der Waals surface area (Å²) in [6, 6.07) is 20.8. The molecule has 2 aromatic heterocycles. The number of nitrogens with zero attached hydrogens (tertiary/aromatic N) is 3. The molecule has 5 aromatic rings. The Morgan fingerprint density at radius 2 is 1.64 bits per heavy atom. The van der Waals surface area contributed by atoms with Gasteiger partial charge in [-0.3, -0.25) is 0 Å². The Morgan fingerprint density at radius 3 is 2.56 bits per heavy atom. The average molecular weight is 504 g/mol. The summed E-state index contributed by atoms with van der Waals surface area (Å²) < 4.78 is 1.31. The number of hydrogen-bond donors (Lipinski definition) is 0. The van der Waals surface area contributed by atoms with E-state index in [1.807, 2.05) is 35.6 Å². The third-order valence-corrected chi connectivity index (χ3v) is 8.53. The molecule has 3 nitrogen and oxygen atoms in total. The lowest BCUT2D eigenvalue weighted by atomic mass is 9.93. The van der Waals surface area contributed by atoms with Crippen LogP contribution in [0.3, 0.4) is 0 Å². The van der Waals surface area contributed by atoms with Crippen molar-refractivity contribution in [3.05, 3.63) is 118 Å². The predicted molar refractivity (Wildman–Crippen MR) is 151 cm³/mol. The number of aryl methyl sites for hydroxylation is 1. The van der Waals surface area contributed by atoms with Gasteiger partial charge in [-0.05, 0) is 36.8 Å². The molecule has 0 aliphatic heterocycles. The van der Waals surface area contributed by atoms with Crippen LogP contribution in [0.15, 0.2) is 91.0 Å². The number of fused-ring (bicyclic) bond motifs is 4. The van der Waals surface area contributed by atoms with Crippen LogP contribution in [-0.2, 0) is 6.42 Å². The van der Waals surface area contributed by atoms with Gasteiger partial charge in [0.25, 0.3) is 0 Å². The molecule has 174 valence electrons. The topological polar surface area (TPSA) is 38.7 Å². The molecule has 1 unspecified atom stereocenters. The van der Waals surface area contributed by atoms with Crippen LogP contribution in [0.25, 0.3) is 37.8 Å². The van der Waals surface area contributed by atoms with Crippen LogP contribution in [0.2, 0.25) is 5.02 Å². The Kier molecular flexibility index (Phi) is 5.30. The molecule has 2 aliphatic rings. The van der Waals surface area contributed by atoms with Crippen LogP contribution in [0.5, 0.6) is 0 Å². The quantitative estimate of drug-likeness (QED) is 0.247. The van der Waals surface area contributed by atoms with E-state index in [2.05, 4.69) is 66.8 Å². The minimum absolute atomic E-state index is 0.122. The molecule has 0 saturated carbocycles. The van der Waals surface area contributed by atoms with E-state index in [9.17, 15) is 0 Å². The number of benzene rings is 3. The van der Waals surface area contributed by atoms with Crippen molar-refractivity contribution < 1.29 is 0 Å². The Balaban J connectivity index is 1.47. The Labute approximate surface area is 218 Å². The zero-order chi connectivity index (χ0) is 24.1. The average Bonchev–Trinajstić information content (AvgIpc) is 3.32. The van der Waals surface area contributed by atoms with Gasteiger partial charge in [-0.2, -0.15) is 0 Å². The molecule has 0 fully saturated rings. The van der Waals surface area contributed by atoms with E-state index in [0.717, 1.165) is 57.8 Å². The van der Waals surface area contributed by atoms with Gasteiger partial charge in [-0.1, -0.05) is 90.5 Å². The third-order valence-electron chi connectivity index (χ3n) is 6.97. The number of thiophene rings is 1. The van der Waals surface area contributed by atoms with Crippen LogP contribution in [-0.4, -0.2) is 15.0 Å². The summed E-state index contributed by atoms with van der Waals surface area (Å²) in [6.45, 7) is 0. The minimum Gasteiger partial charge on any atom is -0.212 e. The van der Waals surface area contributed by atoms with Crippen molar-refractivity contribution in [2.24, 2.45) is 0 Å². The van der Waals surface area contributed by atoms with Gasteiger partial charge >= 0.3 is 0 Å². The van der Waals surface area contributed by atoms with Gasteiger partial charge in [0.05, 0.1) is 0 Å². The van der Waals surface area contributed by atoms with Crippen molar-refractivity contribution >= 4 is 49.4 Å². The summed E-state index contributed by atoms with van der Waals surface area (Å²) >= 11 is 8.43. The Hall–Kier alpha value is -3.60. The van der Waals surface area contributed by atoms with E-state index in [4.69, 9.17) is 26.6 Å². The molecular weight excluding hydrogens is 482 g/mol. The van der Waals surface area contributed by atoms with Gasteiger partial charge in [0, 0.05) is 48.0 Å². The highest BCUT2D eigenvalue weighted by Gasteiger charge is 2.25. The fourth-order valence-electron chi connectivity index (χ4n) is 5.26. The normalized spacial score (nSPS) is 16.9. The van der Waals surface area contributed by atoms with Gasteiger partial charge in [-0.15, -0.1) is 11.3 Å². The Bertz CT molecular complexity index is 1740. The molecule has 0 saturated heterocycles. The summed E-state index contributed by atoms with van der Waals surface area (Å²) in [5, 5.41) is 4.06. The molecule has 0 N–H and O–H groups in total. The second-order valence-corrected chi connectivity index (χ2v) is 10.7. The summed E-state index contributed by atoms with van der Waals surface area (Å²) in [5.41, 5.74) is 3.37. The number of hydrogen-bond acceptors (Lipinski definition) is 4. The minimum atomic E-state index is 0.122. The fraction of sp³-hybridized carbons (Fsp3) is 0.129. The molecular formula is C31H22ClN3S. The van der Waals surface area contributed by atoms with E-state index >= 15 is 0 Å². The maximum Gasteiger partial charge on any atom is 0.164 e. The summed E-state index contributed by atoms with van der Waals surface area (Å²) in [4.78, 5) is 16.7. The molecule has 0 amide bonds. The highest BCUT2D eigenvalue weighted by atomic mass is 35.5. The van der Waals surface area contributed by atoms with E-state index in [-0.39, 0.29) is 5.92 Å². The maximum atomic E-state index is 6.54. The maximum absolute atomic E-state index is 6.54. The largest absolute Gasteiger partial charge is 0.212 e. The van der Waals surface area contributed by atoms with Crippen LogP contribution in [0.4, 0.5) is 0 Å². The molecule has 7 rings (SSSR count). The second kappa shape index (κ2) is 8.81. The van der Waals surface area contributed by atoms with Crippen molar-refractivity contribution in [3.63, 3.8) is 0 Å². The smallest absolute Gasteiger partial charge is 0.164 e. The fourth-order valence-corrected chi connectivity index (χ4v) is 6.73. The van der Waals surface area contributed by atoms with Gasteiger partial charge in [0.1, 0.15) is 5.82 Å². The van der Waals surface area contributed by atoms with Crippen molar-refractivity contribution in [1.82, 2.24) is 15.0 Å². The number of aromatic nitrogens is 3. The Morgan fingerprint density at radius 1 is 0.806 bits per heavy atom. The number of rotatable bonds is 3. The van der Waals surface area contributed by atoms with Gasteiger partial charge in [0.15, 0.2) is 11.6 Å². The van der Waals surface area contributed by atoms with Crippen LogP contribution in [0, 0.1) is 0 Å². The van der Waals surface area contributed by atoms with Gasteiger partial charge < -0.3 is 0 Å². The molecule has 0 radical (unpaired) electrons. The first-order chi connectivity index (χ1) is 17.8. The van der Waals surface area contributed by atoms with Crippen LogP contribution < -0.4 is 0 Å². The highest BCUT2D eigenvalue weighted by Crippen LogP contribution is 2.42. The summed E-state index contributed by atoms with van der Waals surface area (Å²) in [7, 11) is 0. The molecule has 36 heavy (non-hydrogen) atoms. The van der Waals surface area contributed by atoms with Crippen molar-refractivity contribution in [1.29, 1.82) is 0 Å². The standard InChI is InChI=1S/C31H22ClN3S/c32-25-16-7-12-20-21(25)13-6-14-22(20)30-33-29(19-9-2-1-3-10-19)34-31(35-30)24-15-8-18-27-28(24)23-11-4-5-17-26(23)36-27/h1-7,9,11-17,19H,8,10,18H2. The van der Waals surface area contributed by atoms with E-state index < -0.39 is 0 Å². The number of halogens is 1. The molecule has 0 spiro atoms. The second-order valence-electron chi connectivity index (χ2n) is 9.19. The monoisotopic (exact) mass is 503 g/mol. The van der Waals surface area contributed by atoms with Gasteiger partial charge in [-0.25, -0.2) is 15.0 Å². The number of allylic oxidation sites excluding steroid dienone is 5. The lowest BCUT2D eigenvalue weighted by molar-refractivity contribution is 0.756. The first kappa shape index (κ1) is 21.7. The highest BCUT2D eigenvalue weighted by molar-refractivity contribution is 7.19. The lowest BCUT2D eigenvalue weighted by Gasteiger charge is -2.18. The molecule has 0 bridgehead atoms. The molecule has 5 heteroatoms. The zero-order valence-electron chi connectivity index (χ0n) is 19.5. The molecule has 2 heterocycles. The zero-order valence-corrected chi connectivity index (χ0v) is 21.1.